The molecule has 3 heteroatoms. The van der Waals surface area contributed by atoms with Gasteiger partial charge in [-0.1, -0.05) is 13.8 Å². The van der Waals surface area contributed by atoms with E-state index in [1.807, 2.05) is 6.92 Å². The van der Waals surface area contributed by atoms with Crippen molar-refractivity contribution < 1.29 is 13.9 Å². The van der Waals surface area contributed by atoms with Gasteiger partial charge in [0.25, 0.3) is 0 Å². The van der Waals surface area contributed by atoms with Crippen molar-refractivity contribution in [1.29, 1.82) is 0 Å². The molecule has 0 heterocycles. The van der Waals surface area contributed by atoms with Crippen molar-refractivity contribution in [2.24, 2.45) is 0 Å². The third kappa shape index (κ3) is 22.5. The van der Waals surface area contributed by atoms with Gasteiger partial charge in [0.2, 0.25) is 0 Å². The third-order valence-electron chi connectivity index (χ3n) is 0.978. The minimum atomic E-state index is -0.361. The molecular formula is C9H21FO2. The molecule has 0 aromatic rings. The summed E-state index contributed by atoms with van der Waals surface area (Å²) in [4.78, 5) is 0. The molecule has 0 amide bonds. The van der Waals surface area contributed by atoms with Gasteiger partial charge >= 0.3 is 0 Å². The van der Waals surface area contributed by atoms with Crippen molar-refractivity contribution in [2.45, 2.75) is 26.7 Å². The Morgan fingerprint density at radius 1 is 1.00 bits per heavy atom. The lowest BCUT2D eigenvalue weighted by Gasteiger charge is -1.93. The predicted octanol–water partition coefficient (Wildman–Crippen LogP) is 2.43. The largest absolute Gasteiger partial charge is 0.385 e. The zero-order chi connectivity index (χ0) is 9.66. The fraction of sp³-hybridized carbons (Fsp3) is 1.00. The first-order valence-electron chi connectivity index (χ1n) is 4.46. The zero-order valence-corrected chi connectivity index (χ0v) is 8.44. The van der Waals surface area contributed by atoms with E-state index < -0.39 is 0 Å². The Hall–Kier alpha value is -0.150. The summed E-state index contributed by atoms with van der Waals surface area (Å²) in [6.07, 6.45) is 2.09. The quantitative estimate of drug-likeness (QED) is 0.583. The van der Waals surface area contributed by atoms with E-state index in [1.54, 1.807) is 7.11 Å². The standard InChI is InChI=1S/C5H11FO.C4H10O/c1-2-4-7-5-3-6;1-3-4-5-2/h2-5H2,1H3;3-4H2,1-2H3/i6-1;. The highest BCUT2D eigenvalue weighted by Gasteiger charge is 1.80. The van der Waals surface area contributed by atoms with E-state index in [1.165, 1.54) is 0 Å². The Balaban J connectivity index is 0. The van der Waals surface area contributed by atoms with E-state index in [0.29, 0.717) is 6.61 Å². The van der Waals surface area contributed by atoms with Crippen LogP contribution in [0.2, 0.25) is 0 Å². The summed E-state index contributed by atoms with van der Waals surface area (Å²) in [6.45, 7) is 5.56. The first kappa shape index (κ1) is 14.4. The van der Waals surface area contributed by atoms with Crippen molar-refractivity contribution in [2.75, 3.05) is 33.6 Å². The average Bonchev–Trinajstić information content (AvgIpc) is 2.08. The Morgan fingerprint density at radius 2 is 1.58 bits per heavy atom. The van der Waals surface area contributed by atoms with Crippen molar-refractivity contribution in [3.8, 4) is 0 Å². The maximum atomic E-state index is 11.2. The molecule has 0 fully saturated rings. The van der Waals surface area contributed by atoms with Crippen molar-refractivity contribution in [1.82, 2.24) is 0 Å². The van der Waals surface area contributed by atoms with E-state index in [4.69, 9.17) is 9.47 Å². The molecule has 0 aromatic carbocycles. The zero-order valence-electron chi connectivity index (χ0n) is 8.44. The molecule has 0 N–H and O–H groups in total. The summed E-state index contributed by atoms with van der Waals surface area (Å²) in [6, 6.07) is 0. The van der Waals surface area contributed by atoms with E-state index in [-0.39, 0.29) is 13.3 Å². The minimum Gasteiger partial charge on any atom is -0.385 e. The molecule has 0 aliphatic heterocycles. The summed E-state index contributed by atoms with van der Waals surface area (Å²) in [7, 11) is 1.71. The van der Waals surface area contributed by atoms with Crippen molar-refractivity contribution in [3.05, 3.63) is 0 Å². The van der Waals surface area contributed by atoms with Gasteiger partial charge in [0, 0.05) is 20.3 Å². The van der Waals surface area contributed by atoms with Crippen LogP contribution in [0.3, 0.4) is 0 Å². The third-order valence-corrected chi connectivity index (χ3v) is 0.978. The highest BCUT2D eigenvalue weighted by atomic mass is 18.2. The van der Waals surface area contributed by atoms with Gasteiger partial charge in [-0.25, -0.2) is 4.39 Å². The lowest BCUT2D eigenvalue weighted by atomic mass is 10.5. The first-order chi connectivity index (χ1) is 5.83. The molecule has 0 aliphatic carbocycles. The molecule has 0 saturated carbocycles. The lowest BCUT2D eigenvalue weighted by molar-refractivity contribution is 0.119. The second-order valence-electron chi connectivity index (χ2n) is 2.29. The van der Waals surface area contributed by atoms with Gasteiger partial charge in [0.05, 0.1) is 6.61 Å². The molecule has 0 bridgehead atoms. The number of rotatable bonds is 6. The van der Waals surface area contributed by atoms with Crippen LogP contribution < -0.4 is 0 Å². The number of hydrogen-bond acceptors (Lipinski definition) is 2. The van der Waals surface area contributed by atoms with Gasteiger partial charge in [0.15, 0.2) is 0 Å². The molecule has 0 atom stereocenters. The average molecular weight is 179 g/mol. The molecule has 0 rings (SSSR count). The van der Waals surface area contributed by atoms with Crippen LogP contribution in [0.1, 0.15) is 26.7 Å². The van der Waals surface area contributed by atoms with Crippen LogP contribution >= 0.6 is 0 Å². The summed E-state index contributed by atoms with van der Waals surface area (Å²) < 4.78 is 20.6. The monoisotopic (exact) mass is 179 g/mol. The van der Waals surface area contributed by atoms with E-state index >= 15 is 0 Å². The maximum Gasteiger partial charge on any atom is 0.113 e. The second-order valence-corrected chi connectivity index (χ2v) is 2.29. The smallest absolute Gasteiger partial charge is 0.113 e. The maximum absolute atomic E-state index is 11.2. The van der Waals surface area contributed by atoms with Crippen molar-refractivity contribution >= 4 is 0 Å². The Bertz CT molecular complexity index is 54.5. The van der Waals surface area contributed by atoms with Gasteiger partial charge in [-0.15, -0.1) is 0 Å². The number of methoxy groups -OCH3 is 1. The molecule has 12 heavy (non-hydrogen) atoms. The predicted molar refractivity (Wildman–Crippen MR) is 49.3 cm³/mol. The van der Waals surface area contributed by atoms with Crippen LogP contribution in [-0.4, -0.2) is 33.6 Å². The van der Waals surface area contributed by atoms with Gasteiger partial charge in [-0.2, -0.15) is 0 Å². The number of halogens is 1. The molecule has 0 aromatic heterocycles. The molecule has 2 nitrogen and oxygen atoms in total. The lowest BCUT2D eigenvalue weighted by Crippen LogP contribution is -1.95. The van der Waals surface area contributed by atoms with Gasteiger partial charge in [0.1, 0.15) is 6.67 Å². The number of alkyl halides is 1. The second kappa shape index (κ2) is 17.1. The van der Waals surface area contributed by atoms with Crippen LogP contribution in [0.15, 0.2) is 0 Å². The van der Waals surface area contributed by atoms with Crippen LogP contribution in [0.25, 0.3) is 0 Å². The number of ether oxygens (including phenoxy) is 2. The SMILES string of the molecule is CCCOC.CCCOCC[18F]. The summed E-state index contributed by atoms with van der Waals surface area (Å²) in [5, 5.41) is 0. The molecule has 0 spiro atoms. The molecule has 76 valence electrons. The minimum absolute atomic E-state index is 0.258. The van der Waals surface area contributed by atoms with Crippen LogP contribution in [0.5, 0.6) is 0 Å². The Morgan fingerprint density at radius 3 is 1.83 bits per heavy atom. The number of hydrogen-bond donors (Lipinski definition) is 0. The molecular weight excluding hydrogens is 158 g/mol. The Labute approximate surface area is 75.1 Å². The van der Waals surface area contributed by atoms with E-state index in [2.05, 4.69) is 6.92 Å². The summed E-state index contributed by atoms with van der Waals surface area (Å²) >= 11 is 0. The normalized spacial score (nSPS) is 9.00. The first-order valence-corrected chi connectivity index (χ1v) is 4.46. The highest BCUT2D eigenvalue weighted by molar-refractivity contribution is 4.25. The van der Waals surface area contributed by atoms with Crippen LogP contribution in [-0.2, 0) is 9.47 Å². The van der Waals surface area contributed by atoms with E-state index in [0.717, 1.165) is 19.4 Å². The van der Waals surface area contributed by atoms with Crippen LogP contribution in [0.4, 0.5) is 4.39 Å². The fourth-order valence-corrected chi connectivity index (χ4v) is 0.505. The topological polar surface area (TPSA) is 18.5 Å². The highest BCUT2D eigenvalue weighted by Crippen LogP contribution is 1.78. The summed E-state index contributed by atoms with van der Waals surface area (Å²) in [5.74, 6) is 0. The van der Waals surface area contributed by atoms with Crippen LogP contribution in [0, 0.1) is 0 Å². The van der Waals surface area contributed by atoms with Crippen molar-refractivity contribution in [3.63, 3.8) is 0 Å². The summed E-state index contributed by atoms with van der Waals surface area (Å²) in [5.41, 5.74) is 0. The molecule has 0 radical (unpaired) electrons. The fourth-order valence-electron chi connectivity index (χ4n) is 0.505. The van der Waals surface area contributed by atoms with Gasteiger partial charge in [-0.3, -0.25) is 0 Å². The molecule has 0 unspecified atom stereocenters. The van der Waals surface area contributed by atoms with Gasteiger partial charge < -0.3 is 9.47 Å². The Kier molecular flexibility index (Phi) is 20.5. The van der Waals surface area contributed by atoms with Gasteiger partial charge in [-0.05, 0) is 12.8 Å². The van der Waals surface area contributed by atoms with E-state index in [9.17, 15) is 4.39 Å². The molecule has 0 saturated heterocycles. The molecule has 0 aliphatic rings.